The zero-order valence-corrected chi connectivity index (χ0v) is 13.3. The summed E-state index contributed by atoms with van der Waals surface area (Å²) in [5, 5.41) is 0. The fourth-order valence-corrected chi connectivity index (χ4v) is 2.61. The number of benzene rings is 1. The van der Waals surface area contributed by atoms with E-state index in [-0.39, 0.29) is 5.97 Å². The maximum atomic E-state index is 11.5. The molecule has 1 aliphatic heterocycles. The van der Waals surface area contributed by atoms with Crippen LogP contribution in [0.1, 0.15) is 18.1 Å². The number of hydrogen-bond donors (Lipinski definition) is 0. The lowest BCUT2D eigenvalue weighted by Gasteiger charge is -2.27. The van der Waals surface area contributed by atoms with Gasteiger partial charge in [0.2, 0.25) is 0 Å². The van der Waals surface area contributed by atoms with Crippen LogP contribution in [0.25, 0.3) is 0 Å². The van der Waals surface area contributed by atoms with Crippen molar-refractivity contribution in [2.24, 2.45) is 0 Å². The van der Waals surface area contributed by atoms with Crippen molar-refractivity contribution in [3.63, 3.8) is 0 Å². The SMILES string of the molecule is CCOC(=O)Cc1ccc(Br)c(CN2CCOCC2)c1. The zero-order valence-electron chi connectivity index (χ0n) is 11.7. The minimum absolute atomic E-state index is 0.174. The minimum Gasteiger partial charge on any atom is -0.466 e. The van der Waals surface area contributed by atoms with E-state index < -0.39 is 0 Å². The molecule has 1 saturated heterocycles. The van der Waals surface area contributed by atoms with Crippen molar-refractivity contribution in [1.29, 1.82) is 0 Å². The third-order valence-electron chi connectivity index (χ3n) is 3.26. The Balaban J connectivity index is 2.02. The van der Waals surface area contributed by atoms with E-state index in [1.54, 1.807) is 0 Å². The van der Waals surface area contributed by atoms with Gasteiger partial charge < -0.3 is 9.47 Å². The van der Waals surface area contributed by atoms with Crippen LogP contribution in [0.2, 0.25) is 0 Å². The molecule has 0 amide bonds. The van der Waals surface area contributed by atoms with Gasteiger partial charge in [-0.2, -0.15) is 0 Å². The van der Waals surface area contributed by atoms with Gasteiger partial charge in [-0.25, -0.2) is 0 Å². The fourth-order valence-electron chi connectivity index (χ4n) is 2.24. The van der Waals surface area contributed by atoms with Crippen LogP contribution in [0.15, 0.2) is 22.7 Å². The maximum Gasteiger partial charge on any atom is 0.310 e. The standard InChI is InChI=1S/C15H20BrNO3/c1-2-20-15(18)10-12-3-4-14(16)13(9-12)11-17-5-7-19-8-6-17/h3-4,9H,2,5-8,10-11H2,1H3. The predicted octanol–water partition coefficient (Wildman–Crippen LogP) is 2.39. The highest BCUT2D eigenvalue weighted by atomic mass is 79.9. The van der Waals surface area contributed by atoms with E-state index in [2.05, 4.69) is 26.9 Å². The lowest BCUT2D eigenvalue weighted by atomic mass is 10.1. The zero-order chi connectivity index (χ0) is 14.4. The summed E-state index contributed by atoms with van der Waals surface area (Å²) in [5.41, 5.74) is 2.20. The second-order valence-corrected chi connectivity index (χ2v) is 5.65. The molecule has 4 nitrogen and oxygen atoms in total. The van der Waals surface area contributed by atoms with E-state index in [0.29, 0.717) is 13.0 Å². The van der Waals surface area contributed by atoms with Crippen LogP contribution in [-0.4, -0.2) is 43.8 Å². The molecule has 0 aliphatic carbocycles. The lowest BCUT2D eigenvalue weighted by molar-refractivity contribution is -0.142. The monoisotopic (exact) mass is 341 g/mol. The first-order valence-electron chi connectivity index (χ1n) is 6.92. The Kier molecular flexibility index (Phi) is 6.01. The molecular weight excluding hydrogens is 322 g/mol. The molecule has 1 aliphatic rings. The molecule has 20 heavy (non-hydrogen) atoms. The van der Waals surface area contributed by atoms with Gasteiger partial charge >= 0.3 is 5.97 Å². The van der Waals surface area contributed by atoms with E-state index in [4.69, 9.17) is 9.47 Å². The molecule has 0 radical (unpaired) electrons. The molecule has 1 aromatic rings. The van der Waals surface area contributed by atoms with E-state index in [1.807, 2.05) is 19.1 Å². The first-order valence-corrected chi connectivity index (χ1v) is 7.71. The van der Waals surface area contributed by atoms with E-state index in [9.17, 15) is 4.79 Å². The van der Waals surface area contributed by atoms with Gasteiger partial charge in [-0.05, 0) is 24.1 Å². The first kappa shape index (κ1) is 15.5. The highest BCUT2D eigenvalue weighted by molar-refractivity contribution is 9.10. The summed E-state index contributed by atoms with van der Waals surface area (Å²) in [5.74, 6) is -0.174. The van der Waals surface area contributed by atoms with Crippen LogP contribution >= 0.6 is 15.9 Å². The number of carbonyl (C=O) groups excluding carboxylic acids is 1. The highest BCUT2D eigenvalue weighted by Gasteiger charge is 2.13. The molecule has 2 rings (SSSR count). The average Bonchev–Trinajstić information content (AvgIpc) is 2.44. The molecule has 0 atom stereocenters. The Morgan fingerprint density at radius 3 is 2.85 bits per heavy atom. The summed E-state index contributed by atoms with van der Waals surface area (Å²) < 4.78 is 11.4. The Bertz CT molecular complexity index is 458. The number of morpholine rings is 1. The molecular formula is C15H20BrNO3. The second kappa shape index (κ2) is 7.76. The van der Waals surface area contributed by atoms with Gasteiger partial charge in [-0.15, -0.1) is 0 Å². The Labute approximate surface area is 128 Å². The van der Waals surface area contributed by atoms with Crippen LogP contribution < -0.4 is 0 Å². The van der Waals surface area contributed by atoms with E-state index in [0.717, 1.165) is 42.9 Å². The predicted molar refractivity (Wildman–Crippen MR) is 80.6 cm³/mol. The van der Waals surface area contributed by atoms with E-state index >= 15 is 0 Å². The molecule has 0 N–H and O–H groups in total. The number of carbonyl (C=O) groups is 1. The summed E-state index contributed by atoms with van der Waals surface area (Å²) in [4.78, 5) is 13.9. The van der Waals surface area contributed by atoms with Crippen LogP contribution in [-0.2, 0) is 27.2 Å². The van der Waals surface area contributed by atoms with Crippen LogP contribution in [0.4, 0.5) is 0 Å². The van der Waals surface area contributed by atoms with Crippen molar-refractivity contribution >= 4 is 21.9 Å². The molecule has 5 heteroatoms. The van der Waals surface area contributed by atoms with Crippen molar-refractivity contribution in [3.05, 3.63) is 33.8 Å². The Morgan fingerprint density at radius 2 is 2.15 bits per heavy atom. The van der Waals surface area contributed by atoms with Crippen molar-refractivity contribution in [2.45, 2.75) is 19.9 Å². The second-order valence-electron chi connectivity index (χ2n) is 4.80. The number of halogens is 1. The molecule has 0 saturated carbocycles. The molecule has 110 valence electrons. The number of rotatable bonds is 5. The summed E-state index contributed by atoms with van der Waals surface area (Å²) in [7, 11) is 0. The molecule has 0 bridgehead atoms. The maximum absolute atomic E-state index is 11.5. The summed E-state index contributed by atoms with van der Waals surface area (Å²) in [6.07, 6.45) is 0.331. The smallest absolute Gasteiger partial charge is 0.310 e. The summed E-state index contributed by atoms with van der Waals surface area (Å²) in [6, 6.07) is 6.05. The van der Waals surface area contributed by atoms with Crippen molar-refractivity contribution < 1.29 is 14.3 Å². The van der Waals surface area contributed by atoms with Crippen LogP contribution in [0, 0.1) is 0 Å². The van der Waals surface area contributed by atoms with Gasteiger partial charge in [-0.3, -0.25) is 9.69 Å². The van der Waals surface area contributed by atoms with Gasteiger partial charge in [0.1, 0.15) is 0 Å². The summed E-state index contributed by atoms with van der Waals surface area (Å²) >= 11 is 3.58. The van der Waals surface area contributed by atoms with Gasteiger partial charge in [0.25, 0.3) is 0 Å². The molecule has 0 aromatic heterocycles. The average molecular weight is 342 g/mol. The van der Waals surface area contributed by atoms with Gasteiger partial charge in [0.05, 0.1) is 26.2 Å². The highest BCUT2D eigenvalue weighted by Crippen LogP contribution is 2.21. The van der Waals surface area contributed by atoms with Gasteiger partial charge in [0.15, 0.2) is 0 Å². The van der Waals surface area contributed by atoms with Crippen molar-refractivity contribution in [1.82, 2.24) is 4.90 Å². The third kappa shape index (κ3) is 4.58. The molecule has 1 heterocycles. The van der Waals surface area contributed by atoms with Crippen molar-refractivity contribution in [2.75, 3.05) is 32.9 Å². The summed E-state index contributed by atoms with van der Waals surface area (Å²) in [6.45, 7) is 6.61. The number of esters is 1. The van der Waals surface area contributed by atoms with Crippen LogP contribution in [0.3, 0.4) is 0 Å². The quantitative estimate of drug-likeness (QED) is 0.771. The number of ether oxygens (including phenoxy) is 2. The van der Waals surface area contributed by atoms with Gasteiger partial charge in [0, 0.05) is 24.1 Å². The first-order chi connectivity index (χ1) is 9.69. The minimum atomic E-state index is -0.174. The molecule has 1 aromatic carbocycles. The lowest BCUT2D eigenvalue weighted by Crippen LogP contribution is -2.35. The molecule has 0 spiro atoms. The number of hydrogen-bond acceptors (Lipinski definition) is 4. The largest absolute Gasteiger partial charge is 0.466 e. The third-order valence-corrected chi connectivity index (χ3v) is 4.04. The molecule has 0 unspecified atom stereocenters. The van der Waals surface area contributed by atoms with Gasteiger partial charge in [-0.1, -0.05) is 28.1 Å². The Hall–Kier alpha value is -0.910. The normalized spacial score (nSPS) is 16.1. The van der Waals surface area contributed by atoms with Crippen LogP contribution in [0.5, 0.6) is 0 Å². The molecule has 1 fully saturated rings. The Morgan fingerprint density at radius 1 is 1.40 bits per heavy atom. The van der Waals surface area contributed by atoms with E-state index in [1.165, 1.54) is 5.56 Å². The topological polar surface area (TPSA) is 38.8 Å². The number of nitrogens with zero attached hydrogens (tertiary/aromatic N) is 1. The van der Waals surface area contributed by atoms with Crippen molar-refractivity contribution in [3.8, 4) is 0 Å². The fraction of sp³-hybridized carbons (Fsp3) is 0.533.